The normalized spacial score (nSPS) is 15.5. The van der Waals surface area contributed by atoms with Crippen LogP contribution in [0.4, 0.5) is 0 Å². The van der Waals surface area contributed by atoms with E-state index >= 15 is 0 Å². The number of rotatable bonds is 9. The molecular weight excluding hydrogens is 538 g/mol. The van der Waals surface area contributed by atoms with Crippen LogP contribution in [-0.4, -0.2) is 71.0 Å². The first-order chi connectivity index (χ1) is 20.9. The van der Waals surface area contributed by atoms with E-state index in [1.165, 1.54) is 24.8 Å². The van der Waals surface area contributed by atoms with E-state index in [1.54, 1.807) is 23.4 Å². The second-order valence-corrected chi connectivity index (χ2v) is 10.8. The maximum atomic E-state index is 11.8. The van der Waals surface area contributed by atoms with Crippen LogP contribution in [0.2, 0.25) is 0 Å². The lowest BCUT2D eigenvalue weighted by molar-refractivity contribution is -0.123. The van der Waals surface area contributed by atoms with Crippen molar-refractivity contribution >= 4 is 12.3 Å². The molecule has 0 unspecified atom stereocenters. The second-order valence-electron chi connectivity index (χ2n) is 10.8. The van der Waals surface area contributed by atoms with Crippen LogP contribution in [0.1, 0.15) is 42.0 Å². The maximum Gasteiger partial charge on any atom is 0.220 e. The zero-order valence-electron chi connectivity index (χ0n) is 25.6. The highest BCUT2D eigenvalue weighted by Gasteiger charge is 2.24. The van der Waals surface area contributed by atoms with Gasteiger partial charge in [-0.1, -0.05) is 66.7 Å². The number of amides is 2. The molecule has 2 aliphatic rings. The van der Waals surface area contributed by atoms with Crippen LogP contribution < -0.4 is 11.5 Å². The summed E-state index contributed by atoms with van der Waals surface area (Å²) in [6.07, 6.45) is 10.1. The number of carbonyl (C=O) groups excluding carboxylic acids is 2. The summed E-state index contributed by atoms with van der Waals surface area (Å²) >= 11 is 0. The van der Waals surface area contributed by atoms with Gasteiger partial charge < -0.3 is 16.6 Å². The molecule has 0 saturated carbocycles. The Kier molecular flexibility index (Phi) is 17.2. The average Bonchev–Trinajstić information content (AvgIpc) is 3.49. The third-order valence-corrected chi connectivity index (χ3v) is 7.36. The van der Waals surface area contributed by atoms with E-state index in [-0.39, 0.29) is 18.2 Å². The molecule has 0 radical (unpaired) electrons. The van der Waals surface area contributed by atoms with Gasteiger partial charge >= 0.3 is 0 Å². The van der Waals surface area contributed by atoms with Crippen molar-refractivity contribution in [3.8, 4) is 0 Å². The van der Waals surface area contributed by atoms with Crippen molar-refractivity contribution in [3.63, 3.8) is 0 Å². The van der Waals surface area contributed by atoms with E-state index in [2.05, 4.69) is 57.4 Å². The molecule has 0 bridgehead atoms. The summed E-state index contributed by atoms with van der Waals surface area (Å²) in [5.41, 5.74) is 15.2. The summed E-state index contributed by atoms with van der Waals surface area (Å²) in [6, 6.07) is 22.6. The van der Waals surface area contributed by atoms with Crippen molar-refractivity contribution in [2.24, 2.45) is 17.4 Å². The number of pyridine rings is 1. The van der Waals surface area contributed by atoms with Crippen LogP contribution in [-0.2, 0) is 35.4 Å². The summed E-state index contributed by atoms with van der Waals surface area (Å²) in [5, 5.41) is 10.5. The van der Waals surface area contributed by atoms with Crippen molar-refractivity contribution in [2.45, 2.75) is 51.7 Å². The molecule has 0 spiro atoms. The van der Waals surface area contributed by atoms with E-state index in [1.807, 2.05) is 49.5 Å². The molecule has 3 aromatic rings. The minimum absolute atomic E-state index is 0.250. The number of hydrogen-bond acceptors (Lipinski definition) is 6. The number of hydrogen-bond donors (Lipinski definition) is 3. The number of allylic oxidation sites excluding steroid dienone is 1. The zero-order chi connectivity index (χ0) is 31.3. The van der Waals surface area contributed by atoms with Gasteiger partial charge in [-0.3, -0.25) is 24.4 Å². The van der Waals surface area contributed by atoms with E-state index in [4.69, 9.17) is 10.5 Å². The Morgan fingerprint density at radius 2 is 1.49 bits per heavy atom. The van der Waals surface area contributed by atoms with Gasteiger partial charge in [0.05, 0.1) is 6.10 Å². The molecule has 2 heterocycles. The predicted molar refractivity (Wildman–Crippen MR) is 174 cm³/mol. The molecule has 8 nitrogen and oxygen atoms in total. The Morgan fingerprint density at radius 1 is 0.953 bits per heavy atom. The van der Waals surface area contributed by atoms with Gasteiger partial charge in [0, 0.05) is 57.6 Å². The van der Waals surface area contributed by atoms with Crippen molar-refractivity contribution < 1.29 is 14.7 Å². The van der Waals surface area contributed by atoms with Gasteiger partial charge in [-0.2, -0.15) is 0 Å². The summed E-state index contributed by atoms with van der Waals surface area (Å²) in [5.74, 6) is -0.687. The first-order valence-corrected chi connectivity index (χ1v) is 15.0. The second kappa shape index (κ2) is 20.9. The van der Waals surface area contributed by atoms with Gasteiger partial charge in [-0.05, 0) is 67.3 Å². The SMILES string of the molecule is C=CC.NC(=O)[C@H](Cc1ccccc1)C[C@H](O)CN1CCN(Cc2cccnc2)CC1.NC=O.c1ccc2c(c1)CCC2. The highest BCUT2D eigenvalue weighted by molar-refractivity contribution is 5.77. The van der Waals surface area contributed by atoms with E-state index < -0.39 is 6.10 Å². The Labute approximate surface area is 257 Å². The van der Waals surface area contributed by atoms with Gasteiger partial charge in [0.1, 0.15) is 0 Å². The highest BCUT2D eigenvalue weighted by Crippen LogP contribution is 2.20. The molecule has 2 amide bonds. The number of β-amino-alcohol motifs (C(OH)–C–C–N with tert-alkyl or cyclic N) is 1. The number of nitrogens with zero attached hydrogens (tertiary/aromatic N) is 3. The monoisotopic (exact) mass is 587 g/mol. The quantitative estimate of drug-likeness (QED) is 0.259. The Morgan fingerprint density at radius 3 is 2.02 bits per heavy atom. The number of aromatic nitrogens is 1. The number of aliphatic hydroxyl groups excluding tert-OH is 1. The van der Waals surface area contributed by atoms with Gasteiger partial charge in [0.25, 0.3) is 0 Å². The van der Waals surface area contributed by atoms with Crippen LogP contribution in [0.5, 0.6) is 0 Å². The summed E-state index contributed by atoms with van der Waals surface area (Å²) in [4.78, 5) is 29.3. The largest absolute Gasteiger partial charge is 0.392 e. The fraction of sp³-hybridized carbons (Fsp3) is 0.400. The molecule has 2 atom stereocenters. The van der Waals surface area contributed by atoms with Gasteiger partial charge in [-0.15, -0.1) is 6.58 Å². The van der Waals surface area contributed by atoms with Crippen LogP contribution in [0, 0.1) is 5.92 Å². The summed E-state index contributed by atoms with van der Waals surface area (Å²) in [7, 11) is 0. The molecular formula is C35H49N5O3. The maximum absolute atomic E-state index is 11.8. The number of nitrogens with two attached hydrogens (primary N) is 2. The van der Waals surface area contributed by atoms with Gasteiger partial charge in [0.2, 0.25) is 12.3 Å². The molecule has 1 fully saturated rings. The molecule has 43 heavy (non-hydrogen) atoms. The fourth-order valence-electron chi connectivity index (χ4n) is 5.29. The van der Waals surface area contributed by atoms with Gasteiger partial charge in [0.15, 0.2) is 0 Å². The minimum Gasteiger partial charge on any atom is -0.392 e. The Hall–Kier alpha value is -3.85. The first-order valence-electron chi connectivity index (χ1n) is 15.0. The van der Waals surface area contributed by atoms with E-state index in [9.17, 15) is 9.90 Å². The Balaban J connectivity index is 0.000000351. The lowest BCUT2D eigenvalue weighted by Crippen LogP contribution is -2.48. The summed E-state index contributed by atoms with van der Waals surface area (Å²) < 4.78 is 0. The molecule has 5 N–H and O–H groups in total. The molecule has 232 valence electrons. The van der Waals surface area contributed by atoms with Gasteiger partial charge in [-0.25, -0.2) is 0 Å². The molecule has 5 rings (SSSR count). The van der Waals surface area contributed by atoms with Crippen LogP contribution >= 0.6 is 0 Å². The molecule has 1 aromatic heterocycles. The molecule has 2 aromatic carbocycles. The fourth-order valence-corrected chi connectivity index (χ4v) is 5.29. The van der Waals surface area contributed by atoms with Crippen LogP contribution in [0.3, 0.4) is 0 Å². The topological polar surface area (TPSA) is 126 Å². The number of piperazine rings is 1. The number of primary amides is 2. The predicted octanol–water partition coefficient (Wildman–Crippen LogP) is 3.76. The lowest BCUT2D eigenvalue weighted by atomic mass is 9.93. The van der Waals surface area contributed by atoms with Crippen molar-refractivity contribution in [3.05, 3.63) is 114 Å². The summed E-state index contributed by atoms with van der Waals surface area (Å²) in [6.45, 7) is 10.5. The number of aliphatic hydroxyl groups is 1. The third-order valence-electron chi connectivity index (χ3n) is 7.36. The molecule has 1 aliphatic heterocycles. The first kappa shape index (κ1) is 35.3. The number of fused-ring (bicyclic) bond motifs is 1. The standard InChI is InChI=1S/C22H30N4O2.C9H10.C3H6.CH3NO/c23-22(28)20(13-18-5-2-1-3-6-18)14-21(27)17-26-11-9-25(10-12-26)16-19-7-4-8-24-15-19;1-2-5-9-7-3-6-8(9)4-1;1-3-2;2-1-3/h1-8,15,20-21,27H,9-14,16-17H2,(H2,23,28);1-2,4-5H,3,6-7H2;3H,1H2,2H3;1H,(H2,2,3)/t20-,21+;;;/m1.../s1. The van der Waals surface area contributed by atoms with E-state index in [0.717, 1.165) is 38.3 Å². The number of aryl methyl sites for hydroxylation is 2. The van der Waals surface area contributed by atoms with E-state index in [0.29, 0.717) is 19.4 Å². The smallest absolute Gasteiger partial charge is 0.220 e. The van der Waals surface area contributed by atoms with Crippen molar-refractivity contribution in [2.75, 3.05) is 32.7 Å². The lowest BCUT2D eigenvalue weighted by Gasteiger charge is -2.35. The highest BCUT2D eigenvalue weighted by atomic mass is 16.3. The molecule has 1 aliphatic carbocycles. The zero-order valence-corrected chi connectivity index (χ0v) is 25.6. The third kappa shape index (κ3) is 14.2. The number of carbonyl (C=O) groups is 2. The van der Waals surface area contributed by atoms with Crippen LogP contribution in [0.25, 0.3) is 0 Å². The average molecular weight is 588 g/mol. The van der Waals surface area contributed by atoms with Crippen molar-refractivity contribution in [1.29, 1.82) is 0 Å². The molecule has 8 heteroatoms. The van der Waals surface area contributed by atoms with Crippen LogP contribution in [0.15, 0.2) is 91.8 Å². The van der Waals surface area contributed by atoms with Crippen molar-refractivity contribution in [1.82, 2.24) is 14.8 Å². The Bertz CT molecular complexity index is 1160. The number of benzene rings is 2. The molecule has 1 saturated heterocycles. The minimum atomic E-state index is -0.550.